The van der Waals surface area contributed by atoms with E-state index in [1.807, 2.05) is 6.92 Å². The van der Waals surface area contributed by atoms with Crippen LogP contribution in [0.3, 0.4) is 0 Å². The Hall–Kier alpha value is -3.44. The largest absolute Gasteiger partial charge is 0.458 e. The van der Waals surface area contributed by atoms with Crippen molar-refractivity contribution in [3.05, 3.63) is 59.7 Å². The number of nitrogens with zero attached hydrogens (tertiary/aromatic N) is 2. The number of benzene rings is 2. The van der Waals surface area contributed by atoms with E-state index in [0.717, 1.165) is 9.87 Å². The van der Waals surface area contributed by atoms with Gasteiger partial charge in [-0.2, -0.15) is 4.31 Å². The monoisotopic (exact) mass is 587 g/mol. The Morgan fingerprint density at radius 3 is 2.02 bits per heavy atom. The minimum absolute atomic E-state index is 0.0903. The van der Waals surface area contributed by atoms with Crippen LogP contribution in [0.5, 0.6) is 5.75 Å². The van der Waals surface area contributed by atoms with E-state index in [9.17, 15) is 22.8 Å². The highest BCUT2D eigenvalue weighted by Crippen LogP contribution is 2.38. The average molecular weight is 588 g/mol. The number of hydrogen-bond donors (Lipinski definition) is 1. The van der Waals surface area contributed by atoms with Gasteiger partial charge in [0, 0.05) is 27.6 Å². The second-order valence-corrected chi connectivity index (χ2v) is 13.7. The maximum atomic E-state index is 14.0. The maximum absolute atomic E-state index is 14.0. The van der Waals surface area contributed by atoms with Crippen molar-refractivity contribution in [1.29, 1.82) is 0 Å². The summed E-state index contributed by atoms with van der Waals surface area (Å²) >= 11 is 0. The van der Waals surface area contributed by atoms with Crippen LogP contribution in [-0.4, -0.2) is 73.9 Å². The zero-order chi connectivity index (χ0) is 30.6. The van der Waals surface area contributed by atoms with E-state index in [1.165, 1.54) is 24.1 Å². The van der Waals surface area contributed by atoms with Crippen molar-refractivity contribution in [1.82, 2.24) is 14.5 Å². The summed E-state index contributed by atoms with van der Waals surface area (Å²) in [5.41, 5.74) is -0.550. The molecule has 2 aromatic carbocycles. The highest BCUT2D eigenvalue weighted by Gasteiger charge is 2.50. The molecule has 1 N–H and O–H groups in total. The second kappa shape index (κ2) is 12.6. The van der Waals surface area contributed by atoms with Gasteiger partial charge in [0.15, 0.2) is 0 Å². The van der Waals surface area contributed by atoms with Gasteiger partial charge >= 0.3 is 12.1 Å². The molecule has 0 aliphatic heterocycles. The highest BCUT2D eigenvalue weighted by molar-refractivity contribution is 7.89. The van der Waals surface area contributed by atoms with Crippen molar-refractivity contribution >= 4 is 28.0 Å². The Balaban J connectivity index is 1.88. The topological polar surface area (TPSA) is 122 Å². The Labute approximate surface area is 243 Å². The molecule has 224 valence electrons. The zero-order valence-electron chi connectivity index (χ0n) is 24.9. The van der Waals surface area contributed by atoms with Crippen LogP contribution in [0, 0.1) is 6.92 Å². The Morgan fingerprint density at radius 2 is 1.51 bits per heavy atom. The van der Waals surface area contributed by atoms with E-state index in [-0.39, 0.29) is 11.3 Å². The number of rotatable bonds is 9. The van der Waals surface area contributed by atoms with Gasteiger partial charge in [-0.1, -0.05) is 42.7 Å². The number of aryl methyl sites for hydroxylation is 1. The molecule has 0 unspecified atom stereocenters. The van der Waals surface area contributed by atoms with Crippen LogP contribution >= 0.6 is 0 Å². The van der Waals surface area contributed by atoms with Gasteiger partial charge in [0.1, 0.15) is 22.9 Å². The highest BCUT2D eigenvalue weighted by atomic mass is 32.2. The molecular weight excluding hydrogens is 546 g/mol. The summed E-state index contributed by atoms with van der Waals surface area (Å²) in [7, 11) is 0.581. The van der Waals surface area contributed by atoms with Gasteiger partial charge in [0.2, 0.25) is 15.9 Å². The molecule has 0 bridgehead atoms. The molecule has 2 aromatic rings. The number of carbonyl (C=O) groups excluding carboxylic acids is 3. The van der Waals surface area contributed by atoms with Gasteiger partial charge in [-0.15, -0.1) is 0 Å². The summed E-state index contributed by atoms with van der Waals surface area (Å²) < 4.78 is 39.2. The molecule has 0 heterocycles. The lowest BCUT2D eigenvalue weighted by atomic mass is 9.95. The Morgan fingerprint density at radius 1 is 0.951 bits per heavy atom. The molecule has 1 atom stereocenters. The number of likely N-dealkylation sites (N-methyl/N-ethyl adjacent to an activating group) is 1. The fourth-order valence-corrected chi connectivity index (χ4v) is 6.25. The molecule has 1 aliphatic rings. The van der Waals surface area contributed by atoms with Gasteiger partial charge in [0.25, 0.3) is 0 Å². The molecule has 0 radical (unpaired) electrons. The molecule has 0 spiro atoms. The van der Waals surface area contributed by atoms with Gasteiger partial charge in [0.05, 0.1) is 4.90 Å². The first-order valence-corrected chi connectivity index (χ1v) is 15.1. The Bertz CT molecular complexity index is 1340. The molecule has 0 aromatic heterocycles. The lowest BCUT2D eigenvalue weighted by molar-refractivity contribution is -0.159. The van der Waals surface area contributed by atoms with Crippen molar-refractivity contribution in [2.75, 3.05) is 21.1 Å². The van der Waals surface area contributed by atoms with Crippen molar-refractivity contribution in [3.8, 4) is 5.75 Å². The molecule has 11 heteroatoms. The number of hydrogen-bond acceptors (Lipinski definition) is 7. The fourth-order valence-electron chi connectivity index (χ4n) is 4.72. The number of ether oxygens (including phenoxy) is 2. The maximum Gasteiger partial charge on any atom is 0.414 e. The lowest BCUT2D eigenvalue weighted by Crippen LogP contribution is -2.60. The van der Waals surface area contributed by atoms with Gasteiger partial charge in [-0.3, -0.25) is 4.79 Å². The third-order valence-corrected chi connectivity index (χ3v) is 9.00. The van der Waals surface area contributed by atoms with Crippen LogP contribution in [0.4, 0.5) is 4.79 Å². The van der Waals surface area contributed by atoms with Crippen LogP contribution in [-0.2, 0) is 30.8 Å². The third-order valence-electron chi connectivity index (χ3n) is 7.07. The van der Waals surface area contributed by atoms with Crippen LogP contribution in [0.15, 0.2) is 53.4 Å². The first-order chi connectivity index (χ1) is 19.0. The van der Waals surface area contributed by atoms with Crippen LogP contribution in [0.25, 0.3) is 0 Å². The van der Waals surface area contributed by atoms with E-state index >= 15 is 0 Å². The minimum Gasteiger partial charge on any atom is -0.458 e. The van der Waals surface area contributed by atoms with Gasteiger partial charge < -0.3 is 19.7 Å². The zero-order valence-corrected chi connectivity index (χ0v) is 25.7. The van der Waals surface area contributed by atoms with Crippen molar-refractivity contribution in [3.63, 3.8) is 0 Å². The molecule has 41 heavy (non-hydrogen) atoms. The van der Waals surface area contributed by atoms with E-state index < -0.39 is 45.2 Å². The van der Waals surface area contributed by atoms with Crippen molar-refractivity contribution in [2.45, 2.75) is 81.9 Å². The number of sulfonamides is 1. The molecule has 0 saturated heterocycles. The van der Waals surface area contributed by atoms with Gasteiger partial charge in [-0.25, -0.2) is 18.0 Å². The molecule has 10 nitrogen and oxygen atoms in total. The minimum atomic E-state index is -4.00. The second-order valence-electron chi connectivity index (χ2n) is 11.7. The van der Waals surface area contributed by atoms with Gasteiger partial charge in [-0.05, 0) is 70.4 Å². The SMILES string of the molecule is Cc1ccc(S(=O)(=O)N(C)C2(C(=O)N[C@@H](Cc3ccc(OC(=O)N(C)C)cc3)C(=O)OC(C)(C)C)CCCC2)cc1. The van der Waals surface area contributed by atoms with E-state index in [2.05, 4.69) is 5.32 Å². The first-order valence-electron chi connectivity index (χ1n) is 13.6. The first kappa shape index (κ1) is 32.1. The molecule has 1 saturated carbocycles. The fraction of sp³-hybridized carbons (Fsp3) is 0.500. The summed E-state index contributed by atoms with van der Waals surface area (Å²) in [4.78, 5) is 40.5. The van der Waals surface area contributed by atoms with E-state index in [1.54, 1.807) is 71.3 Å². The summed E-state index contributed by atoms with van der Waals surface area (Å²) in [6.45, 7) is 7.07. The smallest absolute Gasteiger partial charge is 0.414 e. The van der Waals surface area contributed by atoms with Crippen molar-refractivity contribution < 1.29 is 32.3 Å². The summed E-state index contributed by atoms with van der Waals surface area (Å²) in [6, 6.07) is 12.0. The number of carbonyl (C=O) groups is 3. The predicted octanol–water partition coefficient (Wildman–Crippen LogP) is 4.06. The average Bonchev–Trinajstić information content (AvgIpc) is 3.39. The molecule has 1 fully saturated rings. The summed E-state index contributed by atoms with van der Waals surface area (Å²) in [5, 5.41) is 2.83. The molecular formula is C30H41N3O7S. The molecule has 1 aliphatic carbocycles. The van der Waals surface area contributed by atoms with Crippen LogP contribution in [0.2, 0.25) is 0 Å². The third kappa shape index (κ3) is 7.85. The lowest BCUT2D eigenvalue weighted by Gasteiger charge is -2.37. The number of esters is 1. The van der Waals surface area contributed by atoms with Crippen LogP contribution in [0.1, 0.15) is 57.6 Å². The van der Waals surface area contributed by atoms with E-state index in [4.69, 9.17) is 9.47 Å². The predicted molar refractivity (Wildman–Crippen MR) is 155 cm³/mol. The van der Waals surface area contributed by atoms with Crippen molar-refractivity contribution in [2.24, 2.45) is 0 Å². The summed E-state index contributed by atoms with van der Waals surface area (Å²) in [5.74, 6) is -0.843. The summed E-state index contributed by atoms with van der Waals surface area (Å²) in [6.07, 6.45) is 1.56. The Kier molecular flexibility index (Phi) is 9.86. The standard InChI is InChI=1S/C30H41N3O7S/c1-21-10-16-24(17-11-21)41(37,38)33(7)30(18-8-9-19-30)27(35)31-25(26(34)40-29(2,3)4)20-22-12-14-23(15-13-22)39-28(36)32(5)6/h10-17,25H,8-9,18-20H2,1-7H3,(H,31,35)/t25-/m0/s1. The molecule has 2 amide bonds. The quantitative estimate of drug-likeness (QED) is 0.439. The normalized spacial score (nSPS) is 15.7. The van der Waals surface area contributed by atoms with E-state index in [0.29, 0.717) is 37.0 Å². The van der Waals surface area contributed by atoms with Crippen LogP contribution < -0.4 is 10.1 Å². The number of amides is 2. The molecule has 3 rings (SSSR count). The number of nitrogens with one attached hydrogen (secondary N) is 1.